The van der Waals surface area contributed by atoms with Gasteiger partial charge < -0.3 is 4.74 Å². The van der Waals surface area contributed by atoms with Crippen LogP contribution in [-0.4, -0.2) is 20.1 Å². The van der Waals surface area contributed by atoms with Gasteiger partial charge in [0.05, 0.1) is 7.11 Å². The molecule has 6 heteroatoms. The molecule has 0 aromatic carbocycles. The quantitative estimate of drug-likeness (QED) is 0.744. The molecule has 0 aliphatic carbocycles. The van der Waals surface area contributed by atoms with Gasteiger partial charge in [-0.05, 0) is 6.92 Å². The van der Waals surface area contributed by atoms with Gasteiger partial charge in [-0.15, -0.1) is 11.3 Å². The molecule has 68 valence electrons. The molecule has 0 amide bonds. The largest absolute Gasteiger partial charge is 0.496 e. The molecule has 4 nitrogen and oxygen atoms in total. The van der Waals surface area contributed by atoms with Gasteiger partial charge in [-0.2, -0.15) is 8.42 Å². The Hall–Kier alpha value is -0.590. The molecule has 0 aliphatic rings. The Morgan fingerprint density at radius 1 is 1.58 bits per heavy atom. The number of ether oxygens (including phenoxy) is 1. The highest BCUT2D eigenvalue weighted by atomic mass is 32.3. The topological polar surface area (TPSA) is 63.6 Å². The zero-order valence-corrected chi connectivity index (χ0v) is 8.20. The van der Waals surface area contributed by atoms with Crippen molar-refractivity contribution >= 4 is 21.5 Å². The summed E-state index contributed by atoms with van der Waals surface area (Å²) >= 11 is 0.983. The number of aryl methyl sites for hydroxylation is 1. The van der Waals surface area contributed by atoms with Crippen LogP contribution in [0.1, 0.15) is 4.88 Å². The number of thiophene rings is 1. The monoisotopic (exact) mass is 208 g/mol. The van der Waals surface area contributed by atoms with Crippen LogP contribution < -0.4 is 4.74 Å². The summed E-state index contributed by atoms with van der Waals surface area (Å²) in [4.78, 5) is 0.727. The predicted octanol–water partition coefficient (Wildman–Crippen LogP) is 1.31. The Balaban J connectivity index is 3.23. The van der Waals surface area contributed by atoms with Gasteiger partial charge in [-0.3, -0.25) is 4.55 Å². The van der Waals surface area contributed by atoms with E-state index >= 15 is 0 Å². The summed E-state index contributed by atoms with van der Waals surface area (Å²) in [6.07, 6.45) is 0. The predicted molar refractivity (Wildman–Crippen MR) is 45.4 cm³/mol. The molecule has 0 unspecified atom stereocenters. The highest BCUT2D eigenvalue weighted by Gasteiger charge is 2.15. The number of hydrogen-bond donors (Lipinski definition) is 1. The lowest BCUT2D eigenvalue weighted by molar-refractivity contribution is 0.413. The Kier molecular flexibility index (Phi) is 2.41. The SMILES string of the molecule is COc1cc(S(=O)(=O)O)sc1C. The van der Waals surface area contributed by atoms with Crippen molar-refractivity contribution in [3.63, 3.8) is 0 Å². The fraction of sp³-hybridized carbons (Fsp3) is 0.333. The van der Waals surface area contributed by atoms with Crippen LogP contribution in [-0.2, 0) is 10.1 Å². The third kappa shape index (κ3) is 1.77. The first kappa shape index (κ1) is 9.50. The molecule has 0 fully saturated rings. The maximum Gasteiger partial charge on any atom is 0.304 e. The van der Waals surface area contributed by atoms with Gasteiger partial charge in [0.1, 0.15) is 5.75 Å². The van der Waals surface area contributed by atoms with Crippen molar-refractivity contribution in [1.82, 2.24) is 0 Å². The smallest absolute Gasteiger partial charge is 0.304 e. The average molecular weight is 208 g/mol. The van der Waals surface area contributed by atoms with E-state index in [1.54, 1.807) is 6.92 Å². The molecule has 1 N–H and O–H groups in total. The van der Waals surface area contributed by atoms with Crippen LogP contribution in [0, 0.1) is 6.92 Å². The lowest BCUT2D eigenvalue weighted by Gasteiger charge is -1.92. The number of rotatable bonds is 2. The first-order valence-electron chi connectivity index (χ1n) is 3.07. The lowest BCUT2D eigenvalue weighted by atomic mass is 10.5. The van der Waals surface area contributed by atoms with Gasteiger partial charge in [-0.25, -0.2) is 0 Å². The van der Waals surface area contributed by atoms with Gasteiger partial charge in [0.15, 0.2) is 4.21 Å². The minimum atomic E-state index is -4.08. The number of hydrogen-bond acceptors (Lipinski definition) is 4. The Morgan fingerprint density at radius 3 is 2.42 bits per heavy atom. The second kappa shape index (κ2) is 3.04. The molecular weight excluding hydrogens is 200 g/mol. The average Bonchev–Trinajstić information content (AvgIpc) is 2.29. The molecule has 0 aliphatic heterocycles. The fourth-order valence-electron chi connectivity index (χ4n) is 0.769. The summed E-state index contributed by atoms with van der Waals surface area (Å²) in [7, 11) is -2.63. The summed E-state index contributed by atoms with van der Waals surface area (Å²) < 4.78 is 34.7. The van der Waals surface area contributed by atoms with Crippen molar-refractivity contribution in [2.75, 3.05) is 7.11 Å². The van der Waals surface area contributed by atoms with Gasteiger partial charge in [0.25, 0.3) is 0 Å². The molecule has 1 rings (SSSR count). The Labute approximate surface area is 74.5 Å². The molecule has 0 saturated heterocycles. The Bertz CT molecular complexity index is 376. The van der Waals surface area contributed by atoms with Gasteiger partial charge >= 0.3 is 10.1 Å². The van der Waals surface area contributed by atoms with Crippen molar-refractivity contribution in [3.8, 4) is 5.75 Å². The van der Waals surface area contributed by atoms with Crippen LogP contribution in [0.5, 0.6) is 5.75 Å². The molecule has 1 aromatic rings. The standard InChI is InChI=1S/C6H8O4S2/c1-4-5(10-2)3-6(11-4)12(7,8)9/h3H,1-2H3,(H,7,8,9). The highest BCUT2D eigenvalue weighted by Crippen LogP contribution is 2.30. The van der Waals surface area contributed by atoms with E-state index in [0.717, 1.165) is 16.2 Å². The van der Waals surface area contributed by atoms with Crippen LogP contribution in [0.15, 0.2) is 10.3 Å². The molecule has 0 atom stereocenters. The summed E-state index contributed by atoms with van der Waals surface area (Å²) in [5.74, 6) is 0.479. The zero-order chi connectivity index (χ0) is 9.35. The molecule has 0 saturated carbocycles. The Morgan fingerprint density at radius 2 is 2.17 bits per heavy atom. The van der Waals surface area contributed by atoms with E-state index in [1.807, 2.05) is 0 Å². The summed E-state index contributed by atoms with van der Waals surface area (Å²) in [5, 5.41) is 0. The van der Waals surface area contributed by atoms with Crippen molar-refractivity contribution < 1.29 is 17.7 Å². The van der Waals surface area contributed by atoms with Crippen molar-refractivity contribution in [3.05, 3.63) is 10.9 Å². The van der Waals surface area contributed by atoms with E-state index < -0.39 is 10.1 Å². The van der Waals surface area contributed by atoms with Crippen molar-refractivity contribution in [1.29, 1.82) is 0 Å². The maximum atomic E-state index is 10.6. The summed E-state index contributed by atoms with van der Waals surface area (Å²) in [5.41, 5.74) is 0. The summed E-state index contributed by atoms with van der Waals surface area (Å²) in [6, 6.07) is 1.30. The molecular formula is C6H8O4S2. The fourth-order valence-corrected chi connectivity index (χ4v) is 2.53. The van der Waals surface area contributed by atoms with Gasteiger partial charge in [-0.1, -0.05) is 0 Å². The first-order valence-corrected chi connectivity index (χ1v) is 5.32. The first-order chi connectivity index (χ1) is 5.45. The third-order valence-electron chi connectivity index (χ3n) is 1.32. The minimum Gasteiger partial charge on any atom is -0.496 e. The molecule has 1 aromatic heterocycles. The highest BCUT2D eigenvalue weighted by molar-refractivity contribution is 7.88. The van der Waals surface area contributed by atoms with E-state index in [4.69, 9.17) is 9.29 Å². The van der Waals surface area contributed by atoms with E-state index in [1.165, 1.54) is 13.2 Å². The molecule has 0 bridgehead atoms. The second-order valence-electron chi connectivity index (χ2n) is 2.17. The van der Waals surface area contributed by atoms with E-state index in [2.05, 4.69) is 0 Å². The van der Waals surface area contributed by atoms with E-state index in [0.29, 0.717) is 5.75 Å². The normalized spacial score (nSPS) is 11.6. The molecule has 12 heavy (non-hydrogen) atoms. The van der Waals surface area contributed by atoms with E-state index in [-0.39, 0.29) is 4.21 Å². The lowest BCUT2D eigenvalue weighted by Crippen LogP contribution is -1.93. The number of methoxy groups -OCH3 is 1. The van der Waals surface area contributed by atoms with Gasteiger partial charge in [0, 0.05) is 10.9 Å². The van der Waals surface area contributed by atoms with Crippen LogP contribution in [0.2, 0.25) is 0 Å². The third-order valence-corrected chi connectivity index (χ3v) is 3.66. The van der Waals surface area contributed by atoms with E-state index in [9.17, 15) is 8.42 Å². The maximum absolute atomic E-state index is 10.6. The van der Waals surface area contributed by atoms with Crippen molar-refractivity contribution in [2.45, 2.75) is 11.1 Å². The summed E-state index contributed by atoms with van der Waals surface area (Å²) in [6.45, 7) is 1.72. The van der Waals surface area contributed by atoms with Crippen LogP contribution >= 0.6 is 11.3 Å². The van der Waals surface area contributed by atoms with Crippen molar-refractivity contribution in [2.24, 2.45) is 0 Å². The van der Waals surface area contributed by atoms with Crippen LogP contribution in [0.25, 0.3) is 0 Å². The van der Waals surface area contributed by atoms with Crippen LogP contribution in [0.3, 0.4) is 0 Å². The molecule has 0 spiro atoms. The zero-order valence-electron chi connectivity index (χ0n) is 6.57. The van der Waals surface area contributed by atoms with Crippen LogP contribution in [0.4, 0.5) is 0 Å². The molecule has 0 radical (unpaired) electrons. The second-order valence-corrected chi connectivity index (χ2v) is 5.07. The minimum absolute atomic E-state index is 0.0862. The van der Waals surface area contributed by atoms with Gasteiger partial charge in [0.2, 0.25) is 0 Å². The molecule has 1 heterocycles.